The van der Waals surface area contributed by atoms with Crippen molar-refractivity contribution in [3.05, 3.63) is 27.5 Å². The van der Waals surface area contributed by atoms with Gasteiger partial charge in [0.05, 0.1) is 15.3 Å². The topological polar surface area (TPSA) is 62.2 Å². The minimum atomic E-state index is -0.215. The van der Waals surface area contributed by atoms with Gasteiger partial charge in [-0.05, 0) is 37.8 Å². The van der Waals surface area contributed by atoms with Crippen LogP contribution in [-0.4, -0.2) is 28.1 Å². The second kappa shape index (κ2) is 6.44. The van der Waals surface area contributed by atoms with Gasteiger partial charge >= 0.3 is 0 Å². The molecule has 0 spiro atoms. The Morgan fingerprint density at radius 2 is 2.10 bits per heavy atom. The summed E-state index contributed by atoms with van der Waals surface area (Å²) >= 11 is 8.82. The Morgan fingerprint density at radius 1 is 1.33 bits per heavy atom. The normalized spacial score (nSPS) is 22.2. The van der Waals surface area contributed by atoms with Crippen LogP contribution in [0.5, 0.6) is 0 Å². The first-order valence-electron chi connectivity index (χ1n) is 6.82. The Hall–Kier alpha value is -0.950. The van der Waals surface area contributed by atoms with Gasteiger partial charge < -0.3 is 10.4 Å². The number of thiazole rings is 1. The van der Waals surface area contributed by atoms with Crippen LogP contribution in [0, 0.1) is 0 Å². The molecule has 4 nitrogen and oxygen atoms in total. The maximum Gasteiger partial charge on any atom is 0.270 e. The number of carbonyl (C=O) groups excluding carboxylic acids is 1. The molecule has 2 heterocycles. The van der Waals surface area contributed by atoms with Crippen LogP contribution in [0.15, 0.2) is 17.5 Å². The highest BCUT2D eigenvalue weighted by Crippen LogP contribution is 2.33. The highest BCUT2D eigenvalue weighted by Gasteiger charge is 2.22. The van der Waals surface area contributed by atoms with Crippen LogP contribution in [0.3, 0.4) is 0 Å². The van der Waals surface area contributed by atoms with Crippen LogP contribution >= 0.6 is 34.3 Å². The number of carbonyl (C=O) groups is 1. The molecule has 3 rings (SSSR count). The maximum atomic E-state index is 12.2. The molecule has 0 bridgehead atoms. The van der Waals surface area contributed by atoms with E-state index < -0.39 is 0 Å². The van der Waals surface area contributed by atoms with Crippen molar-refractivity contribution >= 4 is 40.2 Å². The van der Waals surface area contributed by atoms with Gasteiger partial charge in [-0.3, -0.25) is 4.79 Å². The lowest BCUT2D eigenvalue weighted by molar-refractivity contribution is 0.0864. The number of halogens is 1. The van der Waals surface area contributed by atoms with Crippen molar-refractivity contribution in [3.8, 4) is 9.88 Å². The third kappa shape index (κ3) is 3.63. The molecular weight excluding hydrogens is 328 g/mol. The molecule has 1 aliphatic carbocycles. The summed E-state index contributed by atoms with van der Waals surface area (Å²) in [5.74, 6) is -0.137. The summed E-state index contributed by atoms with van der Waals surface area (Å²) in [5.41, 5.74) is 0.450. The van der Waals surface area contributed by atoms with Crippen molar-refractivity contribution in [1.82, 2.24) is 10.3 Å². The van der Waals surface area contributed by atoms with Crippen LogP contribution in [0.1, 0.15) is 36.2 Å². The second-order valence-corrected chi connectivity index (χ2v) is 7.69. The van der Waals surface area contributed by atoms with Gasteiger partial charge in [0.2, 0.25) is 0 Å². The largest absolute Gasteiger partial charge is 0.393 e. The molecule has 0 unspecified atom stereocenters. The highest BCUT2D eigenvalue weighted by atomic mass is 35.5. The second-order valence-electron chi connectivity index (χ2n) is 5.12. The van der Waals surface area contributed by atoms with Gasteiger partial charge in [-0.25, -0.2) is 4.98 Å². The number of rotatable bonds is 3. The molecule has 0 aromatic carbocycles. The first-order valence-corrected chi connectivity index (χ1v) is 8.89. The highest BCUT2D eigenvalue weighted by molar-refractivity contribution is 7.23. The van der Waals surface area contributed by atoms with Gasteiger partial charge in [0.25, 0.3) is 5.91 Å². The first-order chi connectivity index (χ1) is 10.1. The van der Waals surface area contributed by atoms with Crippen LogP contribution in [0.4, 0.5) is 0 Å². The zero-order chi connectivity index (χ0) is 14.8. The molecule has 0 saturated heterocycles. The predicted molar refractivity (Wildman–Crippen MR) is 86.2 cm³/mol. The molecule has 1 amide bonds. The van der Waals surface area contributed by atoms with Crippen molar-refractivity contribution in [2.24, 2.45) is 0 Å². The number of nitrogens with one attached hydrogen (secondary N) is 1. The van der Waals surface area contributed by atoms with Crippen LogP contribution in [0.2, 0.25) is 4.34 Å². The van der Waals surface area contributed by atoms with Crippen LogP contribution < -0.4 is 5.32 Å². The van der Waals surface area contributed by atoms with Gasteiger partial charge in [0, 0.05) is 11.4 Å². The third-order valence-corrected chi connectivity index (χ3v) is 5.80. The van der Waals surface area contributed by atoms with E-state index in [0.717, 1.165) is 35.6 Å². The van der Waals surface area contributed by atoms with Gasteiger partial charge in [-0.15, -0.1) is 22.7 Å². The number of aromatic nitrogens is 1. The number of nitrogens with zero attached hydrogens (tertiary/aromatic N) is 1. The van der Waals surface area contributed by atoms with Gasteiger partial charge in [-0.1, -0.05) is 11.6 Å². The Bertz CT molecular complexity index is 632. The minimum absolute atomic E-state index is 0.137. The summed E-state index contributed by atoms with van der Waals surface area (Å²) in [6, 6.07) is 3.88. The smallest absolute Gasteiger partial charge is 0.270 e. The molecule has 1 fully saturated rings. The fraction of sp³-hybridized carbons (Fsp3) is 0.429. The first kappa shape index (κ1) is 15.0. The van der Waals surface area contributed by atoms with Gasteiger partial charge in [0.1, 0.15) is 10.7 Å². The summed E-state index contributed by atoms with van der Waals surface area (Å²) in [6.07, 6.45) is 2.93. The lowest BCUT2D eigenvalue weighted by Crippen LogP contribution is -2.38. The van der Waals surface area contributed by atoms with E-state index in [0.29, 0.717) is 10.0 Å². The van der Waals surface area contributed by atoms with E-state index in [4.69, 9.17) is 11.6 Å². The fourth-order valence-electron chi connectivity index (χ4n) is 2.40. The standard InChI is InChI=1S/C14H15ClN2O2S2/c15-12-6-5-11(21-12)14-17-10(7-20-14)13(19)16-8-1-3-9(18)4-2-8/h5-9,18H,1-4H2,(H,16,19). The number of aliphatic hydroxyl groups excluding tert-OH is 1. The average Bonchev–Trinajstić information content (AvgIpc) is 3.10. The summed E-state index contributed by atoms with van der Waals surface area (Å²) in [7, 11) is 0. The van der Waals surface area contributed by atoms with E-state index in [1.165, 1.54) is 22.7 Å². The Kier molecular flexibility index (Phi) is 4.59. The van der Waals surface area contributed by atoms with Gasteiger partial charge in [-0.2, -0.15) is 0 Å². The molecular formula is C14H15ClN2O2S2. The minimum Gasteiger partial charge on any atom is -0.393 e. The SMILES string of the molecule is O=C(NC1CCC(O)CC1)c1csc(-c2ccc(Cl)s2)n1. The van der Waals surface area contributed by atoms with E-state index in [9.17, 15) is 9.90 Å². The third-order valence-electron chi connectivity index (χ3n) is 3.55. The molecule has 7 heteroatoms. The molecule has 0 atom stereocenters. The maximum absolute atomic E-state index is 12.2. The van der Waals surface area contributed by atoms with E-state index in [1.807, 2.05) is 12.1 Å². The Labute approximate surface area is 135 Å². The Balaban J connectivity index is 1.64. The van der Waals surface area contributed by atoms with Crippen molar-refractivity contribution < 1.29 is 9.90 Å². The number of hydrogen-bond donors (Lipinski definition) is 2. The summed E-state index contributed by atoms with van der Waals surface area (Å²) in [4.78, 5) is 17.6. The van der Waals surface area contributed by atoms with E-state index in [1.54, 1.807) is 5.38 Å². The van der Waals surface area contributed by atoms with Crippen molar-refractivity contribution in [2.45, 2.75) is 37.8 Å². The molecule has 1 saturated carbocycles. The van der Waals surface area contributed by atoms with Crippen LogP contribution in [0.25, 0.3) is 9.88 Å². The number of hydrogen-bond acceptors (Lipinski definition) is 5. The van der Waals surface area contributed by atoms with E-state index in [2.05, 4.69) is 10.3 Å². The number of amides is 1. The van der Waals surface area contributed by atoms with E-state index in [-0.39, 0.29) is 18.1 Å². The molecule has 0 aliphatic heterocycles. The fourth-order valence-corrected chi connectivity index (χ4v) is 4.32. The van der Waals surface area contributed by atoms with E-state index >= 15 is 0 Å². The number of aliphatic hydroxyl groups is 1. The van der Waals surface area contributed by atoms with Crippen molar-refractivity contribution in [1.29, 1.82) is 0 Å². The summed E-state index contributed by atoms with van der Waals surface area (Å²) < 4.78 is 0.715. The Morgan fingerprint density at radius 3 is 2.76 bits per heavy atom. The molecule has 2 aromatic rings. The zero-order valence-corrected chi connectivity index (χ0v) is 13.6. The lowest BCUT2D eigenvalue weighted by atomic mass is 9.93. The lowest BCUT2D eigenvalue weighted by Gasteiger charge is -2.25. The molecule has 21 heavy (non-hydrogen) atoms. The summed E-state index contributed by atoms with van der Waals surface area (Å²) in [6.45, 7) is 0. The molecule has 112 valence electrons. The number of thiophene rings is 1. The zero-order valence-electron chi connectivity index (χ0n) is 11.2. The molecule has 0 radical (unpaired) electrons. The summed E-state index contributed by atoms with van der Waals surface area (Å²) in [5, 5.41) is 15.1. The van der Waals surface area contributed by atoms with Crippen LogP contribution in [-0.2, 0) is 0 Å². The van der Waals surface area contributed by atoms with Crippen molar-refractivity contribution in [3.63, 3.8) is 0 Å². The monoisotopic (exact) mass is 342 g/mol. The molecule has 1 aliphatic rings. The quantitative estimate of drug-likeness (QED) is 0.896. The molecule has 2 N–H and O–H groups in total. The average molecular weight is 343 g/mol. The molecule has 2 aromatic heterocycles. The predicted octanol–water partition coefficient (Wildman–Crippen LogP) is 3.56. The van der Waals surface area contributed by atoms with Crippen molar-refractivity contribution in [2.75, 3.05) is 0 Å². The van der Waals surface area contributed by atoms with Gasteiger partial charge in [0.15, 0.2) is 0 Å².